The Balaban J connectivity index is 1.78. The van der Waals surface area contributed by atoms with Crippen LogP contribution >= 0.6 is 0 Å². The Labute approximate surface area is 164 Å². The molecule has 4 rings (SSSR count). The average Bonchev–Trinajstić information content (AvgIpc) is 3.10. The monoisotopic (exact) mass is 359 g/mol. The van der Waals surface area contributed by atoms with Gasteiger partial charge in [-0.25, -0.2) is 0 Å². The molecule has 0 aliphatic rings. The van der Waals surface area contributed by atoms with Gasteiger partial charge in [-0.3, -0.25) is 0 Å². The van der Waals surface area contributed by atoms with Crippen molar-refractivity contribution in [3.8, 4) is 12.1 Å². The molecule has 4 aromatic rings. The maximum absolute atomic E-state index is 9.69. The highest BCUT2D eigenvalue weighted by Crippen LogP contribution is 2.27. The molecule has 0 bridgehead atoms. The van der Waals surface area contributed by atoms with Crippen molar-refractivity contribution in [2.24, 2.45) is 0 Å². The van der Waals surface area contributed by atoms with Gasteiger partial charge in [0, 0.05) is 29.2 Å². The molecule has 0 radical (unpaired) electrons. The lowest BCUT2D eigenvalue weighted by Gasteiger charge is -2.05. The number of nitriles is 2. The molecule has 0 saturated heterocycles. The zero-order chi connectivity index (χ0) is 19.3. The molecule has 0 aliphatic carbocycles. The third-order valence-electron chi connectivity index (χ3n) is 4.76. The van der Waals surface area contributed by atoms with Gasteiger partial charge < -0.3 is 4.57 Å². The number of para-hydroxylation sites is 1. The lowest BCUT2D eigenvalue weighted by Crippen LogP contribution is -1.97. The lowest BCUT2D eigenvalue weighted by atomic mass is 10.0. The summed E-state index contributed by atoms with van der Waals surface area (Å²) in [6, 6.07) is 30.1. The zero-order valence-electron chi connectivity index (χ0n) is 15.2. The van der Waals surface area contributed by atoms with Gasteiger partial charge in [-0.1, -0.05) is 60.7 Å². The van der Waals surface area contributed by atoms with Crippen molar-refractivity contribution in [3.05, 3.63) is 107 Å². The van der Waals surface area contributed by atoms with E-state index < -0.39 is 0 Å². The Hall–Kier alpha value is -4.08. The van der Waals surface area contributed by atoms with Gasteiger partial charge in [-0.15, -0.1) is 0 Å². The minimum absolute atomic E-state index is 0.576. The van der Waals surface area contributed by atoms with Crippen LogP contribution in [0, 0.1) is 22.7 Å². The van der Waals surface area contributed by atoms with Crippen LogP contribution in [0.4, 0.5) is 0 Å². The first-order valence-electron chi connectivity index (χ1n) is 9.02. The van der Waals surface area contributed by atoms with Gasteiger partial charge in [-0.2, -0.15) is 10.5 Å². The summed E-state index contributed by atoms with van der Waals surface area (Å²) in [5.74, 6) is 0. The van der Waals surface area contributed by atoms with Crippen LogP contribution in [0.25, 0.3) is 22.6 Å². The minimum Gasteiger partial charge on any atom is -0.342 e. The van der Waals surface area contributed by atoms with Crippen molar-refractivity contribution in [1.29, 1.82) is 10.5 Å². The smallest absolute Gasteiger partial charge is 0.0998 e. The van der Waals surface area contributed by atoms with E-state index in [9.17, 15) is 5.26 Å². The number of nitrogens with zero attached hydrogens (tertiary/aromatic N) is 3. The Bertz CT molecular complexity index is 1230. The van der Waals surface area contributed by atoms with Crippen molar-refractivity contribution in [2.45, 2.75) is 6.54 Å². The largest absolute Gasteiger partial charge is 0.342 e. The van der Waals surface area contributed by atoms with Crippen molar-refractivity contribution in [1.82, 2.24) is 4.57 Å². The van der Waals surface area contributed by atoms with Crippen molar-refractivity contribution >= 4 is 22.6 Å². The Kier molecular flexibility index (Phi) is 4.74. The summed E-state index contributed by atoms with van der Waals surface area (Å²) in [6.45, 7) is 0.772. The van der Waals surface area contributed by atoms with Crippen molar-refractivity contribution in [3.63, 3.8) is 0 Å². The van der Waals surface area contributed by atoms with E-state index >= 15 is 0 Å². The van der Waals surface area contributed by atoms with Crippen LogP contribution in [-0.2, 0) is 6.54 Å². The van der Waals surface area contributed by atoms with Crippen LogP contribution in [-0.4, -0.2) is 4.57 Å². The first kappa shape index (κ1) is 17.3. The summed E-state index contributed by atoms with van der Waals surface area (Å²) in [4.78, 5) is 0. The molecular formula is C25H17N3. The maximum Gasteiger partial charge on any atom is 0.0998 e. The fourth-order valence-electron chi connectivity index (χ4n) is 3.36. The van der Waals surface area contributed by atoms with E-state index in [-0.39, 0.29) is 0 Å². The van der Waals surface area contributed by atoms with Crippen LogP contribution in [0.1, 0.15) is 22.3 Å². The van der Waals surface area contributed by atoms with Crippen LogP contribution in [0.15, 0.2) is 85.1 Å². The quantitative estimate of drug-likeness (QED) is 0.444. The molecule has 3 heteroatoms. The first-order chi connectivity index (χ1) is 13.8. The number of hydrogen-bond donors (Lipinski definition) is 0. The Morgan fingerprint density at radius 3 is 2.29 bits per heavy atom. The van der Waals surface area contributed by atoms with Gasteiger partial charge in [0.05, 0.1) is 23.3 Å². The van der Waals surface area contributed by atoms with E-state index in [2.05, 4.69) is 47.2 Å². The summed E-state index contributed by atoms with van der Waals surface area (Å²) >= 11 is 0. The second-order valence-corrected chi connectivity index (χ2v) is 6.57. The number of benzene rings is 3. The molecule has 0 aliphatic heterocycles. The van der Waals surface area contributed by atoms with E-state index in [0.29, 0.717) is 11.1 Å². The number of aromatic nitrogens is 1. The van der Waals surface area contributed by atoms with Gasteiger partial charge >= 0.3 is 0 Å². The molecule has 0 amide bonds. The number of hydrogen-bond acceptors (Lipinski definition) is 2. The first-order valence-corrected chi connectivity index (χ1v) is 9.02. The van der Waals surface area contributed by atoms with Gasteiger partial charge in [0.25, 0.3) is 0 Å². The van der Waals surface area contributed by atoms with E-state index in [1.807, 2.05) is 48.5 Å². The maximum atomic E-state index is 9.69. The summed E-state index contributed by atoms with van der Waals surface area (Å²) < 4.78 is 2.21. The number of rotatable bonds is 4. The molecule has 0 N–H and O–H groups in total. The summed E-state index contributed by atoms with van der Waals surface area (Å²) in [5, 5.41) is 19.8. The highest BCUT2D eigenvalue weighted by Gasteiger charge is 2.09. The molecule has 0 fully saturated rings. The molecule has 0 spiro atoms. The van der Waals surface area contributed by atoms with E-state index in [0.717, 1.165) is 28.6 Å². The van der Waals surface area contributed by atoms with Crippen molar-refractivity contribution < 1.29 is 0 Å². The normalized spacial score (nSPS) is 11.1. The molecule has 0 atom stereocenters. The van der Waals surface area contributed by atoms with E-state index in [1.54, 1.807) is 12.1 Å². The molecular weight excluding hydrogens is 342 g/mol. The average molecular weight is 359 g/mol. The second-order valence-electron chi connectivity index (χ2n) is 6.57. The van der Waals surface area contributed by atoms with Gasteiger partial charge in [0.2, 0.25) is 0 Å². The molecule has 3 nitrogen and oxygen atoms in total. The zero-order valence-corrected chi connectivity index (χ0v) is 15.2. The number of allylic oxidation sites excluding steroid dienone is 1. The summed E-state index contributed by atoms with van der Waals surface area (Å²) in [5.41, 5.74) is 5.34. The molecule has 0 saturated carbocycles. The lowest BCUT2D eigenvalue weighted by molar-refractivity contribution is 0.836. The summed E-state index contributed by atoms with van der Waals surface area (Å²) in [7, 11) is 0. The molecule has 28 heavy (non-hydrogen) atoms. The minimum atomic E-state index is 0.576. The molecule has 1 heterocycles. The Morgan fingerprint density at radius 1 is 0.857 bits per heavy atom. The van der Waals surface area contributed by atoms with Crippen LogP contribution in [0.5, 0.6) is 0 Å². The predicted molar refractivity (Wildman–Crippen MR) is 112 cm³/mol. The van der Waals surface area contributed by atoms with Crippen LogP contribution in [0.2, 0.25) is 0 Å². The van der Waals surface area contributed by atoms with Crippen LogP contribution < -0.4 is 0 Å². The standard InChI is InChI=1S/C25H17N3/c26-15-19-10-12-21(13-11-19)22(16-27)14-23-18-28(17-20-6-2-1-3-7-20)25-9-5-4-8-24(23)25/h1-14,18H,17H2. The third-order valence-corrected chi connectivity index (χ3v) is 4.76. The van der Waals surface area contributed by atoms with Gasteiger partial charge in [0.15, 0.2) is 0 Å². The number of fused-ring (bicyclic) bond motifs is 1. The van der Waals surface area contributed by atoms with Gasteiger partial charge in [0.1, 0.15) is 0 Å². The fourth-order valence-corrected chi connectivity index (χ4v) is 3.36. The molecule has 132 valence electrons. The van der Waals surface area contributed by atoms with E-state index in [4.69, 9.17) is 5.26 Å². The topological polar surface area (TPSA) is 52.5 Å². The fraction of sp³-hybridized carbons (Fsp3) is 0.0400. The van der Waals surface area contributed by atoms with Gasteiger partial charge in [-0.05, 0) is 35.4 Å². The highest BCUT2D eigenvalue weighted by molar-refractivity contribution is 5.98. The second kappa shape index (κ2) is 7.66. The van der Waals surface area contributed by atoms with Crippen LogP contribution in [0.3, 0.4) is 0 Å². The molecule has 1 aromatic heterocycles. The highest BCUT2D eigenvalue weighted by atomic mass is 15.0. The molecule has 0 unspecified atom stereocenters. The third kappa shape index (κ3) is 3.43. The predicted octanol–water partition coefficient (Wildman–Crippen LogP) is 5.63. The van der Waals surface area contributed by atoms with Crippen molar-refractivity contribution in [2.75, 3.05) is 0 Å². The summed E-state index contributed by atoms with van der Waals surface area (Å²) in [6.07, 6.45) is 4.02. The Morgan fingerprint density at radius 2 is 1.57 bits per heavy atom. The van der Waals surface area contributed by atoms with E-state index in [1.165, 1.54) is 5.56 Å². The molecule has 3 aromatic carbocycles. The SMILES string of the molecule is N#CC(=Cc1cn(Cc2ccccc2)c2ccccc12)c1ccc(C#N)cc1.